The number of nitrogens with two attached hydrogens (primary N) is 1. The maximum Gasteiger partial charge on any atom is 0.333 e. The van der Waals surface area contributed by atoms with E-state index in [1.165, 1.54) is 17.7 Å². The quantitative estimate of drug-likeness (QED) is 0.324. The van der Waals surface area contributed by atoms with Crippen LogP contribution in [-0.2, 0) is 14.5 Å². The highest BCUT2D eigenvalue weighted by Gasteiger charge is 2.35. The number of aromatic nitrogens is 2. The van der Waals surface area contributed by atoms with Gasteiger partial charge in [-0.3, -0.25) is 4.18 Å². The van der Waals surface area contributed by atoms with Crippen LogP contribution in [0.15, 0.2) is 48.9 Å². The Balaban J connectivity index is 1.47. The zero-order valence-electron chi connectivity index (χ0n) is 18.9. The van der Waals surface area contributed by atoms with E-state index >= 15 is 0 Å². The third-order valence-corrected chi connectivity index (χ3v) is 8.19. The van der Waals surface area contributed by atoms with E-state index in [-0.39, 0.29) is 18.6 Å². The average Bonchev–Trinajstić information content (AvgIpc) is 3.43. The molecule has 5 N–H and O–H groups in total. The summed E-state index contributed by atoms with van der Waals surface area (Å²) >= 11 is 7.65. The minimum absolute atomic E-state index is 0.112. The summed E-state index contributed by atoms with van der Waals surface area (Å²) in [5, 5.41) is 30.3. The van der Waals surface area contributed by atoms with Gasteiger partial charge in [-0.25, -0.2) is 15.1 Å². The van der Waals surface area contributed by atoms with Crippen LogP contribution in [0.2, 0.25) is 5.02 Å². The second-order valence-corrected chi connectivity index (χ2v) is 11.5. The van der Waals surface area contributed by atoms with E-state index in [4.69, 9.17) is 16.7 Å². The largest absolute Gasteiger partial charge is 0.393 e. The molecule has 0 amide bonds. The third-order valence-electron chi connectivity index (χ3n) is 6.17. The predicted molar refractivity (Wildman–Crippen MR) is 135 cm³/mol. The highest BCUT2D eigenvalue weighted by molar-refractivity contribution is 7.84. The Kier molecular flexibility index (Phi) is 8.06. The molecule has 35 heavy (non-hydrogen) atoms. The lowest BCUT2D eigenvalue weighted by molar-refractivity contribution is 0.101. The van der Waals surface area contributed by atoms with Crippen molar-refractivity contribution >= 4 is 39.1 Å². The van der Waals surface area contributed by atoms with Crippen molar-refractivity contribution in [1.29, 1.82) is 0 Å². The van der Waals surface area contributed by atoms with Crippen LogP contribution in [0, 0.1) is 5.92 Å². The first-order valence-electron chi connectivity index (χ1n) is 11.1. The van der Waals surface area contributed by atoms with Gasteiger partial charge >= 0.3 is 10.3 Å². The van der Waals surface area contributed by atoms with Gasteiger partial charge in [-0.15, -0.1) is 11.3 Å². The van der Waals surface area contributed by atoms with Crippen molar-refractivity contribution in [3.63, 3.8) is 0 Å². The number of halogens is 1. The molecule has 1 aromatic carbocycles. The molecule has 2 unspecified atom stereocenters. The fraction of sp³-hybridized carbons (Fsp3) is 0.391. The third kappa shape index (κ3) is 6.56. The number of hydrogen-bond acceptors (Lipinski definition) is 9. The van der Waals surface area contributed by atoms with Crippen LogP contribution in [-0.4, -0.2) is 47.4 Å². The van der Waals surface area contributed by atoms with Crippen LogP contribution in [0.25, 0.3) is 0 Å². The molecule has 0 spiro atoms. The molecule has 2 aromatic heterocycles. The molecule has 1 aliphatic carbocycles. The normalized spacial score (nSPS) is 22.1. The number of benzene rings is 1. The van der Waals surface area contributed by atoms with Gasteiger partial charge in [0.25, 0.3) is 0 Å². The van der Waals surface area contributed by atoms with E-state index in [0.717, 1.165) is 15.3 Å². The summed E-state index contributed by atoms with van der Waals surface area (Å²) in [6, 6.07) is 11.4. The standard InChI is InChI=1S/C23H27ClN4O5S2/c1-13(14-3-2-4-16(24)7-14)20-5-6-21(34-20)22(30)18-10-26-12-27-23(18)28-17-8-15(19(29)9-17)11-33-35(25,31)32/h2-7,10,12-13,15,17,19,22,29-30H,8-9,11H2,1H3,(H2,25,31,32)(H,26,27,28)/t13?,15-,17-,19+,22?/m1/s1. The molecule has 1 saturated carbocycles. The van der Waals surface area contributed by atoms with Gasteiger partial charge < -0.3 is 15.5 Å². The minimum Gasteiger partial charge on any atom is -0.393 e. The molecule has 2 heterocycles. The van der Waals surface area contributed by atoms with Gasteiger partial charge in [-0.05, 0) is 42.7 Å². The zero-order valence-corrected chi connectivity index (χ0v) is 21.3. The summed E-state index contributed by atoms with van der Waals surface area (Å²) in [7, 11) is -4.07. The van der Waals surface area contributed by atoms with E-state index < -0.39 is 28.4 Å². The van der Waals surface area contributed by atoms with Crippen LogP contribution in [0.4, 0.5) is 5.82 Å². The van der Waals surface area contributed by atoms with Gasteiger partial charge in [-0.2, -0.15) is 8.42 Å². The number of thiophene rings is 1. The molecule has 1 aliphatic rings. The Hall–Kier alpha value is -2.12. The molecule has 4 rings (SSSR count). The maximum absolute atomic E-state index is 11.2. The Labute approximate surface area is 213 Å². The lowest BCUT2D eigenvalue weighted by Crippen LogP contribution is -2.24. The zero-order chi connectivity index (χ0) is 25.2. The second-order valence-electron chi connectivity index (χ2n) is 8.66. The highest BCUT2D eigenvalue weighted by Crippen LogP contribution is 2.37. The van der Waals surface area contributed by atoms with Crippen LogP contribution < -0.4 is 10.5 Å². The number of hydrogen-bond donors (Lipinski definition) is 4. The fourth-order valence-electron chi connectivity index (χ4n) is 4.28. The molecule has 5 atom stereocenters. The highest BCUT2D eigenvalue weighted by atomic mass is 35.5. The van der Waals surface area contributed by atoms with E-state index in [9.17, 15) is 18.6 Å². The van der Waals surface area contributed by atoms with Gasteiger partial charge in [0.15, 0.2) is 0 Å². The molecule has 0 saturated heterocycles. The lowest BCUT2D eigenvalue weighted by atomic mass is 10.00. The second kappa shape index (κ2) is 10.9. The number of aliphatic hydroxyl groups is 2. The van der Waals surface area contributed by atoms with Crippen LogP contribution in [0.1, 0.15) is 52.7 Å². The smallest absolute Gasteiger partial charge is 0.333 e. The molecule has 3 aromatic rings. The molecule has 0 bridgehead atoms. The number of rotatable bonds is 9. The first-order valence-corrected chi connectivity index (χ1v) is 13.7. The summed E-state index contributed by atoms with van der Waals surface area (Å²) in [4.78, 5) is 10.2. The van der Waals surface area contributed by atoms with Crippen LogP contribution >= 0.6 is 22.9 Å². The fourth-order valence-corrected chi connectivity index (χ4v) is 5.94. The topological polar surface area (TPSA) is 148 Å². The van der Waals surface area contributed by atoms with Gasteiger partial charge in [-0.1, -0.05) is 30.7 Å². The number of nitrogens with one attached hydrogen (secondary N) is 1. The van der Waals surface area contributed by atoms with Gasteiger partial charge in [0.2, 0.25) is 0 Å². The Morgan fingerprint density at radius 1 is 1.29 bits per heavy atom. The summed E-state index contributed by atoms with van der Waals surface area (Å²) in [5.74, 6) is 0.171. The summed E-state index contributed by atoms with van der Waals surface area (Å²) in [6.45, 7) is 1.90. The predicted octanol–water partition coefficient (Wildman–Crippen LogP) is 3.20. The molecule has 0 radical (unpaired) electrons. The Morgan fingerprint density at radius 3 is 2.80 bits per heavy atom. The van der Waals surface area contributed by atoms with Crippen molar-refractivity contribution in [1.82, 2.24) is 9.97 Å². The molecule has 0 aliphatic heterocycles. The Morgan fingerprint density at radius 2 is 2.06 bits per heavy atom. The van der Waals surface area contributed by atoms with Crippen molar-refractivity contribution in [3.05, 3.63) is 74.8 Å². The van der Waals surface area contributed by atoms with Crippen molar-refractivity contribution < 1.29 is 22.8 Å². The average molecular weight is 539 g/mol. The van der Waals surface area contributed by atoms with E-state index in [2.05, 4.69) is 26.4 Å². The molecule has 12 heteroatoms. The minimum atomic E-state index is -4.07. The summed E-state index contributed by atoms with van der Waals surface area (Å²) in [5.41, 5.74) is 1.60. The van der Waals surface area contributed by atoms with E-state index in [1.807, 2.05) is 36.4 Å². The molecule has 1 fully saturated rings. The Bertz CT molecular complexity index is 1270. The van der Waals surface area contributed by atoms with Crippen molar-refractivity contribution in [3.8, 4) is 0 Å². The molecular weight excluding hydrogens is 512 g/mol. The van der Waals surface area contributed by atoms with Crippen LogP contribution in [0.3, 0.4) is 0 Å². The molecule has 9 nitrogen and oxygen atoms in total. The van der Waals surface area contributed by atoms with Crippen molar-refractivity contribution in [2.75, 3.05) is 11.9 Å². The molecule has 188 valence electrons. The van der Waals surface area contributed by atoms with Crippen LogP contribution in [0.5, 0.6) is 0 Å². The van der Waals surface area contributed by atoms with Gasteiger partial charge in [0.1, 0.15) is 18.2 Å². The lowest BCUT2D eigenvalue weighted by Gasteiger charge is -2.18. The SMILES string of the molecule is CC(c1cccc(Cl)c1)c1ccc(C(O)c2cncnc2N[C@@H]2C[C@H](COS(N)(=O)=O)[C@@H](O)C2)s1. The first kappa shape index (κ1) is 26.0. The van der Waals surface area contributed by atoms with Gasteiger partial charge in [0.05, 0.1) is 12.7 Å². The van der Waals surface area contributed by atoms with E-state index in [0.29, 0.717) is 29.2 Å². The maximum atomic E-state index is 11.2. The number of nitrogens with zero attached hydrogens (tertiary/aromatic N) is 2. The van der Waals surface area contributed by atoms with E-state index in [1.54, 1.807) is 6.20 Å². The first-order chi connectivity index (χ1) is 16.6. The summed E-state index contributed by atoms with van der Waals surface area (Å²) in [6.07, 6.45) is 2.07. The number of aliphatic hydroxyl groups excluding tert-OH is 2. The van der Waals surface area contributed by atoms with Gasteiger partial charge in [0, 0.05) is 44.4 Å². The monoisotopic (exact) mass is 538 g/mol. The number of anilines is 1. The summed E-state index contributed by atoms with van der Waals surface area (Å²) < 4.78 is 26.8. The van der Waals surface area contributed by atoms with Crippen molar-refractivity contribution in [2.45, 2.75) is 43.9 Å². The van der Waals surface area contributed by atoms with Crippen molar-refractivity contribution in [2.24, 2.45) is 11.1 Å². The molecular formula is C23H27ClN4O5S2.